The van der Waals surface area contributed by atoms with E-state index in [9.17, 15) is 0 Å². The van der Waals surface area contributed by atoms with Crippen LogP contribution >= 0.6 is 12.4 Å². The van der Waals surface area contributed by atoms with Crippen LogP contribution < -0.4 is 10.5 Å². The average Bonchev–Trinajstić information content (AvgIpc) is 2.63. The van der Waals surface area contributed by atoms with Crippen molar-refractivity contribution in [1.82, 2.24) is 0 Å². The van der Waals surface area contributed by atoms with Gasteiger partial charge >= 0.3 is 0 Å². The van der Waals surface area contributed by atoms with Gasteiger partial charge in [0, 0.05) is 5.56 Å². The highest BCUT2D eigenvalue weighted by Crippen LogP contribution is 2.33. The standard InChI is InChI=1S/C22H23NO.ClH/c1-17-11-12-19(13-14-23)21(15-17)20-9-5-6-10-22(20)24-16-18-7-3-2-4-8-18;/h2-12,15H,13-14,16,23H2,1H3;1H. The summed E-state index contributed by atoms with van der Waals surface area (Å²) in [6.07, 6.45) is 0.864. The van der Waals surface area contributed by atoms with Gasteiger partial charge in [-0.05, 0) is 42.6 Å². The summed E-state index contributed by atoms with van der Waals surface area (Å²) < 4.78 is 6.12. The molecule has 3 aromatic carbocycles. The normalized spacial score (nSPS) is 10.2. The lowest BCUT2D eigenvalue weighted by atomic mass is 9.95. The maximum atomic E-state index is 6.12. The van der Waals surface area contributed by atoms with E-state index in [1.54, 1.807) is 0 Å². The Bertz CT molecular complexity index is 802. The summed E-state index contributed by atoms with van der Waals surface area (Å²) in [5, 5.41) is 0. The summed E-state index contributed by atoms with van der Waals surface area (Å²) in [7, 11) is 0. The van der Waals surface area contributed by atoms with Gasteiger partial charge in [0.15, 0.2) is 0 Å². The fourth-order valence-electron chi connectivity index (χ4n) is 2.86. The third kappa shape index (κ3) is 4.85. The van der Waals surface area contributed by atoms with E-state index in [0.29, 0.717) is 13.2 Å². The van der Waals surface area contributed by atoms with Gasteiger partial charge in [0.2, 0.25) is 0 Å². The molecule has 0 unspecified atom stereocenters. The second-order valence-corrected chi connectivity index (χ2v) is 5.97. The predicted octanol–water partition coefficient (Wildman–Crippen LogP) is 5.16. The fourth-order valence-corrected chi connectivity index (χ4v) is 2.86. The quantitative estimate of drug-likeness (QED) is 0.664. The van der Waals surface area contributed by atoms with E-state index in [1.807, 2.05) is 30.3 Å². The molecule has 3 aromatic rings. The third-order valence-corrected chi connectivity index (χ3v) is 4.09. The lowest BCUT2D eigenvalue weighted by Crippen LogP contribution is -2.05. The first-order valence-electron chi connectivity index (χ1n) is 8.33. The van der Waals surface area contributed by atoms with Gasteiger partial charge in [-0.2, -0.15) is 0 Å². The monoisotopic (exact) mass is 353 g/mol. The summed E-state index contributed by atoms with van der Waals surface area (Å²) in [5.74, 6) is 0.908. The molecule has 0 atom stereocenters. The molecule has 3 rings (SSSR count). The molecule has 0 saturated carbocycles. The Morgan fingerprint density at radius 3 is 2.32 bits per heavy atom. The summed E-state index contributed by atoms with van der Waals surface area (Å²) in [6, 6.07) is 25.0. The van der Waals surface area contributed by atoms with Crippen LogP contribution in [0.5, 0.6) is 5.75 Å². The van der Waals surface area contributed by atoms with Crippen LogP contribution in [0.2, 0.25) is 0 Å². The van der Waals surface area contributed by atoms with E-state index in [2.05, 4.69) is 49.4 Å². The summed E-state index contributed by atoms with van der Waals surface area (Å²) in [4.78, 5) is 0. The van der Waals surface area contributed by atoms with Crippen molar-refractivity contribution in [1.29, 1.82) is 0 Å². The molecule has 0 aliphatic heterocycles. The molecule has 2 N–H and O–H groups in total. The molecule has 130 valence electrons. The zero-order valence-corrected chi connectivity index (χ0v) is 15.3. The van der Waals surface area contributed by atoms with Gasteiger partial charge < -0.3 is 10.5 Å². The zero-order valence-electron chi connectivity index (χ0n) is 14.4. The number of nitrogens with two attached hydrogens (primary N) is 1. The molecule has 3 heteroatoms. The lowest BCUT2D eigenvalue weighted by Gasteiger charge is -2.15. The highest BCUT2D eigenvalue weighted by molar-refractivity contribution is 5.85. The smallest absolute Gasteiger partial charge is 0.127 e. The topological polar surface area (TPSA) is 35.2 Å². The van der Waals surface area contributed by atoms with E-state index in [0.717, 1.165) is 17.7 Å². The highest BCUT2D eigenvalue weighted by atomic mass is 35.5. The molecule has 0 aliphatic rings. The Balaban J connectivity index is 0.00000225. The van der Waals surface area contributed by atoms with Crippen LogP contribution in [0.3, 0.4) is 0 Å². The molecule has 0 radical (unpaired) electrons. The Morgan fingerprint density at radius 2 is 1.56 bits per heavy atom. The number of ether oxygens (including phenoxy) is 1. The molecular weight excluding hydrogens is 330 g/mol. The second kappa shape index (κ2) is 9.26. The van der Waals surface area contributed by atoms with Crippen LogP contribution in [0.15, 0.2) is 72.8 Å². The van der Waals surface area contributed by atoms with E-state index < -0.39 is 0 Å². The number of hydrogen-bond acceptors (Lipinski definition) is 2. The molecule has 0 aromatic heterocycles. The van der Waals surface area contributed by atoms with Gasteiger partial charge in [0.25, 0.3) is 0 Å². The van der Waals surface area contributed by atoms with Crippen molar-refractivity contribution in [3.63, 3.8) is 0 Å². The van der Waals surface area contributed by atoms with Crippen LogP contribution in [-0.2, 0) is 13.0 Å². The molecule has 0 bridgehead atoms. The van der Waals surface area contributed by atoms with Crippen LogP contribution in [-0.4, -0.2) is 6.54 Å². The minimum atomic E-state index is 0. The van der Waals surface area contributed by atoms with Crippen molar-refractivity contribution in [2.45, 2.75) is 20.0 Å². The summed E-state index contributed by atoms with van der Waals surface area (Å²) in [6.45, 7) is 3.32. The molecule has 0 aliphatic carbocycles. The van der Waals surface area contributed by atoms with Crippen molar-refractivity contribution in [3.05, 3.63) is 89.5 Å². The van der Waals surface area contributed by atoms with Crippen LogP contribution in [0.4, 0.5) is 0 Å². The van der Waals surface area contributed by atoms with E-state index in [4.69, 9.17) is 10.5 Å². The first-order valence-corrected chi connectivity index (χ1v) is 8.33. The van der Waals surface area contributed by atoms with Crippen LogP contribution in [0.25, 0.3) is 11.1 Å². The maximum Gasteiger partial charge on any atom is 0.127 e. The summed E-state index contributed by atoms with van der Waals surface area (Å²) >= 11 is 0. The zero-order chi connectivity index (χ0) is 16.8. The van der Waals surface area contributed by atoms with Gasteiger partial charge in [0.05, 0.1) is 0 Å². The Kier molecular flexibility index (Phi) is 7.05. The first kappa shape index (κ1) is 19.0. The van der Waals surface area contributed by atoms with Crippen molar-refractivity contribution >= 4 is 12.4 Å². The van der Waals surface area contributed by atoms with Gasteiger partial charge in [-0.3, -0.25) is 0 Å². The number of para-hydroxylation sites is 1. The van der Waals surface area contributed by atoms with Crippen LogP contribution in [0, 0.1) is 6.92 Å². The Labute approximate surface area is 156 Å². The molecule has 0 heterocycles. The molecule has 0 spiro atoms. The number of aryl methyl sites for hydroxylation is 1. The molecule has 2 nitrogen and oxygen atoms in total. The molecule has 0 amide bonds. The number of hydrogen-bond donors (Lipinski definition) is 1. The molecule has 25 heavy (non-hydrogen) atoms. The molecule has 0 saturated heterocycles. The van der Waals surface area contributed by atoms with Crippen molar-refractivity contribution in [2.75, 3.05) is 6.54 Å². The molecule has 0 fully saturated rings. The van der Waals surface area contributed by atoms with Gasteiger partial charge in [-0.1, -0.05) is 72.3 Å². The largest absolute Gasteiger partial charge is 0.488 e. The number of benzene rings is 3. The molecular formula is C22H24ClNO. The van der Waals surface area contributed by atoms with Crippen molar-refractivity contribution < 1.29 is 4.74 Å². The highest BCUT2D eigenvalue weighted by Gasteiger charge is 2.10. The van der Waals surface area contributed by atoms with Gasteiger partial charge in [0.1, 0.15) is 12.4 Å². The lowest BCUT2D eigenvalue weighted by molar-refractivity contribution is 0.307. The summed E-state index contributed by atoms with van der Waals surface area (Å²) in [5.41, 5.74) is 11.8. The van der Waals surface area contributed by atoms with Gasteiger partial charge in [-0.25, -0.2) is 0 Å². The minimum Gasteiger partial charge on any atom is -0.488 e. The van der Waals surface area contributed by atoms with E-state index in [1.165, 1.54) is 22.3 Å². The number of halogens is 1. The second-order valence-electron chi connectivity index (χ2n) is 5.97. The minimum absolute atomic E-state index is 0. The van der Waals surface area contributed by atoms with E-state index >= 15 is 0 Å². The third-order valence-electron chi connectivity index (χ3n) is 4.09. The van der Waals surface area contributed by atoms with Gasteiger partial charge in [-0.15, -0.1) is 12.4 Å². The Morgan fingerprint density at radius 1 is 0.840 bits per heavy atom. The average molecular weight is 354 g/mol. The predicted molar refractivity (Wildman–Crippen MR) is 107 cm³/mol. The number of rotatable bonds is 6. The van der Waals surface area contributed by atoms with E-state index in [-0.39, 0.29) is 12.4 Å². The SMILES string of the molecule is Cc1ccc(CCN)c(-c2ccccc2OCc2ccccc2)c1.Cl. The Hall–Kier alpha value is -2.29. The fraction of sp³-hybridized carbons (Fsp3) is 0.182. The maximum absolute atomic E-state index is 6.12. The van der Waals surface area contributed by atoms with Crippen molar-refractivity contribution in [3.8, 4) is 16.9 Å². The van der Waals surface area contributed by atoms with Crippen molar-refractivity contribution in [2.24, 2.45) is 5.73 Å². The first-order chi connectivity index (χ1) is 11.8. The van der Waals surface area contributed by atoms with Crippen LogP contribution in [0.1, 0.15) is 16.7 Å².